The van der Waals surface area contributed by atoms with Crippen molar-refractivity contribution in [3.05, 3.63) is 17.2 Å². The van der Waals surface area contributed by atoms with Crippen molar-refractivity contribution < 1.29 is 5.11 Å². The summed E-state index contributed by atoms with van der Waals surface area (Å²) < 4.78 is 0. The molecular weight excluding hydrogens is 278 g/mol. The Bertz CT molecular complexity index is 495. The van der Waals surface area contributed by atoms with Crippen molar-refractivity contribution >= 4 is 0 Å². The molecular formula is C16H29N5O. The largest absolute Gasteiger partial charge is 0.390 e. The van der Waals surface area contributed by atoms with E-state index >= 15 is 0 Å². The van der Waals surface area contributed by atoms with Gasteiger partial charge in [0.05, 0.1) is 11.8 Å². The number of H-pyrrole nitrogens is 1. The molecule has 0 saturated carbocycles. The van der Waals surface area contributed by atoms with E-state index in [1.54, 1.807) is 0 Å². The molecule has 0 aliphatic carbocycles. The van der Waals surface area contributed by atoms with Gasteiger partial charge in [-0.15, -0.1) is 0 Å². The summed E-state index contributed by atoms with van der Waals surface area (Å²) in [6, 6.07) is 0.276. The lowest BCUT2D eigenvalue weighted by molar-refractivity contribution is 0.0512. The number of nitrogens with one attached hydrogen (secondary N) is 1. The number of likely N-dealkylation sites (tertiary alicyclic amines) is 1. The van der Waals surface area contributed by atoms with Crippen LogP contribution in [0.5, 0.6) is 0 Å². The van der Waals surface area contributed by atoms with Gasteiger partial charge in [-0.1, -0.05) is 6.92 Å². The van der Waals surface area contributed by atoms with Gasteiger partial charge in [0.25, 0.3) is 0 Å². The summed E-state index contributed by atoms with van der Waals surface area (Å²) in [7, 11) is 2.17. The predicted octanol–water partition coefficient (Wildman–Crippen LogP) is 0.0730. The molecule has 2 fully saturated rings. The summed E-state index contributed by atoms with van der Waals surface area (Å²) in [5.74, 6) is 1.06. The number of aromatic amines is 1. The molecule has 124 valence electrons. The maximum Gasteiger partial charge on any atom is 0.106 e. The minimum absolute atomic E-state index is 0.242. The minimum Gasteiger partial charge on any atom is -0.390 e. The number of aromatic nitrogens is 2. The first-order valence-electron chi connectivity index (χ1n) is 8.44. The SMILES string of the molecule is CCc1nc(CN2C[C@@H](O)[C@H](N3CCN(C)CC3)C2)c(C)[nH]1. The van der Waals surface area contributed by atoms with Crippen molar-refractivity contribution in [2.75, 3.05) is 46.3 Å². The van der Waals surface area contributed by atoms with Crippen LogP contribution in [0, 0.1) is 6.92 Å². The van der Waals surface area contributed by atoms with Gasteiger partial charge in [-0.3, -0.25) is 9.80 Å². The molecule has 1 aromatic rings. The number of hydrogen-bond acceptors (Lipinski definition) is 5. The van der Waals surface area contributed by atoms with E-state index in [9.17, 15) is 5.11 Å². The first-order valence-corrected chi connectivity index (χ1v) is 8.44. The van der Waals surface area contributed by atoms with Crippen molar-refractivity contribution in [1.82, 2.24) is 24.7 Å². The Morgan fingerprint density at radius 1 is 1.23 bits per heavy atom. The van der Waals surface area contributed by atoms with Gasteiger partial charge in [0, 0.05) is 64.0 Å². The van der Waals surface area contributed by atoms with Crippen LogP contribution in [0.3, 0.4) is 0 Å². The van der Waals surface area contributed by atoms with Crippen LogP contribution < -0.4 is 0 Å². The third-order valence-electron chi connectivity index (χ3n) is 5.08. The second-order valence-electron chi connectivity index (χ2n) is 6.78. The molecule has 0 bridgehead atoms. The normalized spacial score (nSPS) is 28.5. The molecule has 0 radical (unpaired) electrons. The molecule has 2 saturated heterocycles. The van der Waals surface area contributed by atoms with Crippen LogP contribution in [0.2, 0.25) is 0 Å². The van der Waals surface area contributed by atoms with Crippen molar-refractivity contribution in [1.29, 1.82) is 0 Å². The maximum absolute atomic E-state index is 10.5. The Hall–Kier alpha value is -0.950. The Kier molecular flexibility index (Phi) is 4.82. The average molecular weight is 307 g/mol. The van der Waals surface area contributed by atoms with Crippen molar-refractivity contribution in [2.45, 2.75) is 39.0 Å². The number of aliphatic hydroxyl groups excluding tert-OH is 1. The zero-order valence-corrected chi connectivity index (χ0v) is 14.0. The third kappa shape index (κ3) is 3.35. The average Bonchev–Trinajstić information content (AvgIpc) is 3.03. The topological polar surface area (TPSA) is 58.6 Å². The van der Waals surface area contributed by atoms with Crippen molar-refractivity contribution in [3.8, 4) is 0 Å². The standard InChI is InChI=1S/C16H29N5O/c1-4-16-17-12(2)13(18-16)9-20-10-14(15(22)11-20)21-7-5-19(3)6-8-21/h14-15,22H,4-11H2,1-3H3,(H,17,18)/t14-,15-/m1/s1. The van der Waals surface area contributed by atoms with Gasteiger partial charge in [0.15, 0.2) is 0 Å². The number of nitrogens with zero attached hydrogens (tertiary/aromatic N) is 4. The number of aliphatic hydroxyl groups is 1. The molecule has 1 aromatic heterocycles. The number of hydrogen-bond donors (Lipinski definition) is 2. The summed E-state index contributed by atoms with van der Waals surface area (Å²) in [6.07, 6.45) is 0.696. The zero-order chi connectivity index (χ0) is 15.7. The quantitative estimate of drug-likeness (QED) is 0.825. The van der Waals surface area contributed by atoms with Gasteiger partial charge in [0.1, 0.15) is 5.82 Å². The highest BCUT2D eigenvalue weighted by Gasteiger charge is 2.36. The van der Waals surface area contributed by atoms with Gasteiger partial charge < -0.3 is 15.0 Å². The van der Waals surface area contributed by atoms with Crippen LogP contribution in [-0.2, 0) is 13.0 Å². The summed E-state index contributed by atoms with van der Waals surface area (Å²) in [5.41, 5.74) is 2.29. The first kappa shape index (κ1) is 15.9. The molecule has 6 nitrogen and oxygen atoms in total. The van der Waals surface area contributed by atoms with Crippen molar-refractivity contribution in [3.63, 3.8) is 0 Å². The third-order valence-corrected chi connectivity index (χ3v) is 5.08. The molecule has 2 aliphatic heterocycles. The summed E-state index contributed by atoms with van der Waals surface area (Å²) in [5, 5.41) is 10.5. The van der Waals surface area contributed by atoms with Crippen molar-refractivity contribution in [2.24, 2.45) is 0 Å². The summed E-state index contributed by atoms with van der Waals surface area (Å²) in [4.78, 5) is 15.2. The molecule has 0 amide bonds. The van der Waals surface area contributed by atoms with E-state index in [4.69, 9.17) is 0 Å². The Labute approximate surface area is 133 Å². The highest BCUT2D eigenvalue weighted by molar-refractivity contribution is 5.13. The van der Waals surface area contributed by atoms with Gasteiger partial charge in [-0.05, 0) is 14.0 Å². The highest BCUT2D eigenvalue weighted by Crippen LogP contribution is 2.20. The Balaban J connectivity index is 1.59. The number of piperazine rings is 1. The number of likely N-dealkylation sites (N-methyl/N-ethyl adjacent to an activating group) is 1. The fraction of sp³-hybridized carbons (Fsp3) is 0.812. The zero-order valence-electron chi connectivity index (χ0n) is 14.0. The van der Waals surface area contributed by atoms with E-state index < -0.39 is 0 Å². The molecule has 0 spiro atoms. The van der Waals surface area contributed by atoms with Gasteiger partial charge in [-0.2, -0.15) is 0 Å². The van der Waals surface area contributed by atoms with Crippen LogP contribution in [0.4, 0.5) is 0 Å². The van der Waals surface area contributed by atoms with E-state index in [-0.39, 0.29) is 12.1 Å². The minimum atomic E-state index is -0.242. The summed E-state index contributed by atoms with van der Waals surface area (Å²) in [6.45, 7) is 11.1. The Morgan fingerprint density at radius 2 is 1.95 bits per heavy atom. The predicted molar refractivity (Wildman–Crippen MR) is 86.8 cm³/mol. The molecule has 2 aliphatic rings. The molecule has 2 N–H and O–H groups in total. The van der Waals surface area contributed by atoms with Gasteiger partial charge in [-0.25, -0.2) is 4.98 Å². The Morgan fingerprint density at radius 3 is 2.59 bits per heavy atom. The first-order chi connectivity index (χ1) is 10.6. The lowest BCUT2D eigenvalue weighted by Crippen LogP contribution is -2.52. The van der Waals surface area contributed by atoms with E-state index in [1.807, 2.05) is 0 Å². The van der Waals surface area contributed by atoms with Crippen LogP contribution in [0.15, 0.2) is 0 Å². The molecule has 2 atom stereocenters. The number of β-amino-alcohol motifs (C(OH)–C–C–N with tert-alkyl or cyclic N) is 1. The van der Waals surface area contributed by atoms with E-state index in [0.29, 0.717) is 0 Å². The monoisotopic (exact) mass is 307 g/mol. The smallest absolute Gasteiger partial charge is 0.106 e. The molecule has 6 heteroatoms. The molecule has 3 rings (SSSR count). The molecule has 22 heavy (non-hydrogen) atoms. The van der Waals surface area contributed by atoms with Crippen LogP contribution in [-0.4, -0.2) is 88.2 Å². The van der Waals surface area contributed by atoms with Crippen LogP contribution in [0.25, 0.3) is 0 Å². The van der Waals surface area contributed by atoms with Gasteiger partial charge >= 0.3 is 0 Å². The molecule has 3 heterocycles. The number of imidazole rings is 1. The number of aryl methyl sites for hydroxylation is 2. The fourth-order valence-electron chi connectivity index (χ4n) is 3.58. The van der Waals surface area contributed by atoms with E-state index in [2.05, 4.69) is 45.6 Å². The van der Waals surface area contributed by atoms with E-state index in [0.717, 1.165) is 69.4 Å². The highest BCUT2D eigenvalue weighted by atomic mass is 16.3. The van der Waals surface area contributed by atoms with E-state index in [1.165, 1.54) is 0 Å². The second-order valence-corrected chi connectivity index (χ2v) is 6.78. The summed E-state index contributed by atoms with van der Waals surface area (Å²) >= 11 is 0. The second kappa shape index (κ2) is 6.66. The number of rotatable bonds is 4. The lowest BCUT2D eigenvalue weighted by atomic mass is 10.1. The molecule has 0 unspecified atom stereocenters. The van der Waals surface area contributed by atoms with Crippen LogP contribution in [0.1, 0.15) is 24.1 Å². The fourth-order valence-corrected chi connectivity index (χ4v) is 3.58. The van der Waals surface area contributed by atoms with Crippen LogP contribution >= 0.6 is 0 Å². The lowest BCUT2D eigenvalue weighted by Gasteiger charge is -2.37. The maximum atomic E-state index is 10.5. The van der Waals surface area contributed by atoms with Gasteiger partial charge in [0.2, 0.25) is 0 Å². The molecule has 0 aromatic carbocycles.